The molecular formula is C13H21N3O3. The summed E-state index contributed by atoms with van der Waals surface area (Å²) in [6, 6.07) is 3.70. The Bertz CT molecular complexity index is 422. The van der Waals surface area contributed by atoms with Crippen molar-refractivity contribution in [1.29, 1.82) is 0 Å². The predicted octanol–water partition coefficient (Wildman–Crippen LogP) is 1.14. The Balaban J connectivity index is 2.99. The fraction of sp³-hybridized carbons (Fsp3) is 0.462. The molecule has 0 saturated carbocycles. The van der Waals surface area contributed by atoms with Crippen LogP contribution in [0.4, 0.5) is 0 Å². The summed E-state index contributed by atoms with van der Waals surface area (Å²) in [5, 5.41) is 2.94. The van der Waals surface area contributed by atoms with Crippen molar-refractivity contribution in [2.45, 2.75) is 13.5 Å². The Kier molecular flexibility index (Phi) is 5.78. The second-order valence-electron chi connectivity index (χ2n) is 3.77. The maximum absolute atomic E-state index is 5.68. The zero-order valence-electron chi connectivity index (χ0n) is 11.8. The molecule has 1 rings (SSSR count). The highest BCUT2D eigenvalue weighted by Gasteiger charge is 2.12. The molecule has 0 aliphatic carbocycles. The summed E-state index contributed by atoms with van der Waals surface area (Å²) in [6.07, 6.45) is 0. The third-order valence-corrected chi connectivity index (χ3v) is 2.51. The van der Waals surface area contributed by atoms with Crippen molar-refractivity contribution in [2.24, 2.45) is 10.7 Å². The monoisotopic (exact) mass is 267 g/mol. The Hall–Kier alpha value is -2.11. The molecule has 0 aliphatic heterocycles. The van der Waals surface area contributed by atoms with Gasteiger partial charge in [0.05, 0.1) is 27.9 Å². The van der Waals surface area contributed by atoms with Crippen molar-refractivity contribution >= 4 is 5.96 Å². The fourth-order valence-corrected chi connectivity index (χ4v) is 1.64. The molecule has 106 valence electrons. The van der Waals surface area contributed by atoms with E-state index in [1.54, 1.807) is 21.3 Å². The van der Waals surface area contributed by atoms with Gasteiger partial charge in [0.25, 0.3) is 0 Å². The first-order chi connectivity index (χ1) is 9.15. The van der Waals surface area contributed by atoms with E-state index in [2.05, 4.69) is 10.3 Å². The van der Waals surface area contributed by atoms with Crippen molar-refractivity contribution in [3.8, 4) is 17.2 Å². The number of hydrogen-bond acceptors (Lipinski definition) is 4. The van der Waals surface area contributed by atoms with E-state index in [0.717, 1.165) is 12.1 Å². The van der Waals surface area contributed by atoms with Gasteiger partial charge in [-0.2, -0.15) is 0 Å². The zero-order chi connectivity index (χ0) is 14.3. The molecule has 0 aromatic heterocycles. The number of nitrogens with one attached hydrogen (secondary N) is 1. The van der Waals surface area contributed by atoms with Crippen molar-refractivity contribution in [3.05, 3.63) is 17.7 Å². The minimum Gasteiger partial charge on any atom is -0.493 e. The maximum Gasteiger partial charge on any atom is 0.203 e. The van der Waals surface area contributed by atoms with Gasteiger partial charge in [0, 0.05) is 6.54 Å². The second kappa shape index (κ2) is 7.35. The van der Waals surface area contributed by atoms with Gasteiger partial charge in [0.2, 0.25) is 5.75 Å². The summed E-state index contributed by atoms with van der Waals surface area (Å²) in [5.41, 5.74) is 6.61. The molecule has 0 aliphatic rings. The van der Waals surface area contributed by atoms with Crippen LogP contribution in [-0.2, 0) is 6.54 Å². The van der Waals surface area contributed by atoms with Crippen molar-refractivity contribution in [1.82, 2.24) is 5.32 Å². The number of methoxy groups -OCH3 is 3. The molecule has 0 atom stereocenters. The number of benzene rings is 1. The highest BCUT2D eigenvalue weighted by molar-refractivity contribution is 5.77. The molecule has 6 nitrogen and oxygen atoms in total. The molecule has 1 aromatic carbocycles. The zero-order valence-corrected chi connectivity index (χ0v) is 11.8. The summed E-state index contributed by atoms with van der Waals surface area (Å²) in [6.45, 7) is 3.14. The SMILES string of the molecule is CCNC(N)=NCc1cc(OC)c(OC)c(OC)c1. The van der Waals surface area contributed by atoms with Gasteiger partial charge < -0.3 is 25.3 Å². The fourth-order valence-electron chi connectivity index (χ4n) is 1.64. The van der Waals surface area contributed by atoms with Crippen LogP contribution in [0.2, 0.25) is 0 Å². The van der Waals surface area contributed by atoms with E-state index in [4.69, 9.17) is 19.9 Å². The normalized spacial score (nSPS) is 11.1. The first-order valence-corrected chi connectivity index (χ1v) is 5.98. The van der Waals surface area contributed by atoms with Crippen molar-refractivity contribution < 1.29 is 14.2 Å². The van der Waals surface area contributed by atoms with Crippen LogP contribution in [-0.4, -0.2) is 33.8 Å². The molecule has 0 bridgehead atoms. The molecule has 0 unspecified atom stereocenters. The van der Waals surface area contributed by atoms with Gasteiger partial charge in [0.15, 0.2) is 17.5 Å². The van der Waals surface area contributed by atoms with Crippen LogP contribution in [0, 0.1) is 0 Å². The minimum absolute atomic E-state index is 0.413. The quantitative estimate of drug-likeness (QED) is 0.597. The summed E-state index contributed by atoms with van der Waals surface area (Å²) in [7, 11) is 4.73. The van der Waals surface area contributed by atoms with Gasteiger partial charge in [-0.15, -0.1) is 0 Å². The first kappa shape index (κ1) is 14.9. The Morgan fingerprint density at radius 1 is 1.16 bits per heavy atom. The lowest BCUT2D eigenvalue weighted by atomic mass is 10.2. The van der Waals surface area contributed by atoms with E-state index in [-0.39, 0.29) is 0 Å². The first-order valence-electron chi connectivity index (χ1n) is 5.98. The molecular weight excluding hydrogens is 246 g/mol. The molecule has 0 fully saturated rings. The number of nitrogens with zero attached hydrogens (tertiary/aromatic N) is 1. The molecule has 0 radical (unpaired) electrons. The van der Waals surface area contributed by atoms with Gasteiger partial charge >= 0.3 is 0 Å². The average molecular weight is 267 g/mol. The maximum atomic E-state index is 5.68. The van der Waals surface area contributed by atoms with Crippen LogP contribution in [0.5, 0.6) is 17.2 Å². The molecule has 0 heterocycles. The summed E-state index contributed by atoms with van der Waals surface area (Å²) in [5.74, 6) is 2.19. The minimum atomic E-state index is 0.413. The molecule has 1 aromatic rings. The summed E-state index contributed by atoms with van der Waals surface area (Å²) in [4.78, 5) is 4.22. The Labute approximate surface area is 113 Å². The van der Waals surface area contributed by atoms with Crippen LogP contribution >= 0.6 is 0 Å². The van der Waals surface area contributed by atoms with E-state index in [0.29, 0.717) is 29.8 Å². The third kappa shape index (κ3) is 3.94. The van der Waals surface area contributed by atoms with E-state index in [9.17, 15) is 0 Å². The smallest absolute Gasteiger partial charge is 0.203 e. The van der Waals surface area contributed by atoms with E-state index in [1.165, 1.54) is 0 Å². The standard InChI is InChI=1S/C13H21N3O3/c1-5-15-13(14)16-8-9-6-10(17-2)12(19-4)11(7-9)18-3/h6-7H,5,8H2,1-4H3,(H3,14,15,16). The number of aliphatic imine (C=N–C) groups is 1. The highest BCUT2D eigenvalue weighted by Crippen LogP contribution is 2.38. The predicted molar refractivity (Wildman–Crippen MR) is 75.1 cm³/mol. The number of ether oxygens (including phenoxy) is 3. The molecule has 19 heavy (non-hydrogen) atoms. The summed E-state index contributed by atoms with van der Waals surface area (Å²) >= 11 is 0. The lowest BCUT2D eigenvalue weighted by molar-refractivity contribution is 0.324. The van der Waals surface area contributed by atoms with Gasteiger partial charge in [-0.3, -0.25) is 0 Å². The van der Waals surface area contributed by atoms with Gasteiger partial charge in [-0.05, 0) is 24.6 Å². The summed E-state index contributed by atoms with van der Waals surface area (Å²) < 4.78 is 15.8. The van der Waals surface area contributed by atoms with Crippen LogP contribution in [0.25, 0.3) is 0 Å². The average Bonchev–Trinajstić information content (AvgIpc) is 2.44. The topological polar surface area (TPSA) is 78.1 Å². The third-order valence-electron chi connectivity index (χ3n) is 2.51. The van der Waals surface area contributed by atoms with Crippen LogP contribution in [0.1, 0.15) is 12.5 Å². The van der Waals surface area contributed by atoms with Gasteiger partial charge in [-0.25, -0.2) is 4.99 Å². The lowest BCUT2D eigenvalue weighted by Gasteiger charge is -2.13. The molecule has 0 saturated heterocycles. The van der Waals surface area contributed by atoms with Crippen molar-refractivity contribution in [3.63, 3.8) is 0 Å². The second-order valence-corrected chi connectivity index (χ2v) is 3.77. The van der Waals surface area contributed by atoms with Gasteiger partial charge in [0.1, 0.15) is 0 Å². The van der Waals surface area contributed by atoms with E-state index >= 15 is 0 Å². The number of nitrogens with two attached hydrogens (primary N) is 1. The van der Waals surface area contributed by atoms with E-state index < -0.39 is 0 Å². The Morgan fingerprint density at radius 2 is 1.74 bits per heavy atom. The van der Waals surface area contributed by atoms with E-state index in [1.807, 2.05) is 19.1 Å². The number of rotatable bonds is 6. The molecule has 0 spiro atoms. The number of guanidine groups is 1. The van der Waals surface area contributed by atoms with Crippen LogP contribution in [0.15, 0.2) is 17.1 Å². The highest BCUT2D eigenvalue weighted by atomic mass is 16.5. The molecule has 3 N–H and O–H groups in total. The van der Waals surface area contributed by atoms with Gasteiger partial charge in [-0.1, -0.05) is 0 Å². The van der Waals surface area contributed by atoms with Crippen molar-refractivity contribution in [2.75, 3.05) is 27.9 Å². The number of hydrogen-bond donors (Lipinski definition) is 2. The molecule has 6 heteroatoms. The molecule has 0 amide bonds. The largest absolute Gasteiger partial charge is 0.493 e. The van der Waals surface area contributed by atoms with Crippen LogP contribution < -0.4 is 25.3 Å². The lowest BCUT2D eigenvalue weighted by Crippen LogP contribution is -2.31. The Morgan fingerprint density at radius 3 is 2.16 bits per heavy atom. The van der Waals surface area contributed by atoms with Crippen LogP contribution in [0.3, 0.4) is 0 Å².